The van der Waals surface area contributed by atoms with Crippen LogP contribution in [-0.2, 0) is 9.53 Å². The zero-order chi connectivity index (χ0) is 16.1. The summed E-state index contributed by atoms with van der Waals surface area (Å²) in [6.07, 6.45) is 1.42. The number of ether oxygens (including phenoxy) is 1. The SMILES string of the molecule is CO[C@@H]1CN(c2ccnc(N(C)C)n2)C[C@@H]1NC(=O)CC#N. The van der Waals surface area contributed by atoms with Gasteiger partial charge in [0.25, 0.3) is 0 Å². The molecule has 1 amide bonds. The molecule has 2 heterocycles. The lowest BCUT2D eigenvalue weighted by Gasteiger charge is -2.19. The summed E-state index contributed by atoms with van der Waals surface area (Å²) in [7, 11) is 5.38. The zero-order valence-corrected chi connectivity index (χ0v) is 13.0. The van der Waals surface area contributed by atoms with E-state index < -0.39 is 0 Å². The fourth-order valence-corrected chi connectivity index (χ4v) is 2.40. The van der Waals surface area contributed by atoms with Crippen LogP contribution in [-0.4, -0.2) is 62.3 Å². The Morgan fingerprint density at radius 3 is 3.00 bits per heavy atom. The molecule has 1 N–H and O–H groups in total. The van der Waals surface area contributed by atoms with E-state index in [-0.39, 0.29) is 24.5 Å². The minimum atomic E-state index is -0.284. The highest BCUT2D eigenvalue weighted by Gasteiger charge is 2.34. The molecule has 2 atom stereocenters. The maximum absolute atomic E-state index is 11.6. The summed E-state index contributed by atoms with van der Waals surface area (Å²) in [5.41, 5.74) is 0. The number of hydrogen-bond acceptors (Lipinski definition) is 7. The fourth-order valence-electron chi connectivity index (χ4n) is 2.40. The van der Waals surface area contributed by atoms with Gasteiger partial charge < -0.3 is 19.9 Å². The summed E-state index contributed by atoms with van der Waals surface area (Å²) in [5.74, 6) is 1.13. The van der Waals surface area contributed by atoms with Crippen molar-refractivity contribution in [1.82, 2.24) is 15.3 Å². The first-order valence-corrected chi connectivity index (χ1v) is 6.99. The summed E-state index contributed by atoms with van der Waals surface area (Å²) in [5, 5.41) is 11.4. The van der Waals surface area contributed by atoms with Crippen molar-refractivity contribution >= 4 is 17.7 Å². The predicted molar refractivity (Wildman–Crippen MR) is 81.5 cm³/mol. The van der Waals surface area contributed by atoms with E-state index in [1.807, 2.05) is 36.0 Å². The first-order valence-electron chi connectivity index (χ1n) is 6.99. The Kier molecular flexibility index (Phi) is 5.12. The lowest BCUT2D eigenvalue weighted by molar-refractivity contribution is -0.121. The quantitative estimate of drug-likeness (QED) is 0.803. The van der Waals surface area contributed by atoms with Crippen LogP contribution < -0.4 is 15.1 Å². The minimum Gasteiger partial charge on any atom is -0.377 e. The van der Waals surface area contributed by atoms with Gasteiger partial charge in [0.1, 0.15) is 12.2 Å². The van der Waals surface area contributed by atoms with Crippen LogP contribution in [0.4, 0.5) is 11.8 Å². The number of carbonyl (C=O) groups is 1. The molecule has 1 aliphatic heterocycles. The number of nitrogens with zero attached hydrogens (tertiary/aromatic N) is 5. The fraction of sp³-hybridized carbons (Fsp3) is 0.571. The van der Waals surface area contributed by atoms with Crippen LogP contribution >= 0.6 is 0 Å². The van der Waals surface area contributed by atoms with Crippen LogP contribution in [0.2, 0.25) is 0 Å². The van der Waals surface area contributed by atoms with Crippen LogP contribution in [0, 0.1) is 11.3 Å². The van der Waals surface area contributed by atoms with Crippen molar-refractivity contribution < 1.29 is 9.53 Å². The van der Waals surface area contributed by atoms with Gasteiger partial charge in [-0.05, 0) is 6.07 Å². The van der Waals surface area contributed by atoms with Crippen molar-refractivity contribution in [3.05, 3.63) is 12.3 Å². The number of nitriles is 1. The molecule has 0 bridgehead atoms. The van der Waals surface area contributed by atoms with Crippen molar-refractivity contribution in [3.8, 4) is 6.07 Å². The second-order valence-electron chi connectivity index (χ2n) is 5.30. The number of amides is 1. The lowest BCUT2D eigenvalue weighted by atomic mass is 10.2. The monoisotopic (exact) mass is 304 g/mol. The summed E-state index contributed by atoms with van der Waals surface area (Å²) >= 11 is 0. The molecule has 0 spiro atoms. The highest BCUT2D eigenvalue weighted by atomic mass is 16.5. The van der Waals surface area contributed by atoms with Crippen molar-refractivity contribution in [2.24, 2.45) is 0 Å². The van der Waals surface area contributed by atoms with Crippen LogP contribution in [0.1, 0.15) is 6.42 Å². The number of anilines is 2. The topological polar surface area (TPSA) is 94.4 Å². The summed E-state index contributed by atoms with van der Waals surface area (Å²) in [6.45, 7) is 1.21. The summed E-state index contributed by atoms with van der Waals surface area (Å²) < 4.78 is 5.44. The molecule has 0 saturated carbocycles. The van der Waals surface area contributed by atoms with Gasteiger partial charge in [-0.25, -0.2) is 4.98 Å². The Balaban J connectivity index is 2.09. The Bertz CT molecular complexity index is 571. The molecule has 8 heteroatoms. The van der Waals surface area contributed by atoms with Crippen molar-refractivity contribution in [2.75, 3.05) is 44.1 Å². The van der Waals surface area contributed by atoms with Crippen LogP contribution in [0.25, 0.3) is 0 Å². The number of methoxy groups -OCH3 is 1. The molecule has 1 saturated heterocycles. The van der Waals surface area contributed by atoms with Gasteiger partial charge in [-0.3, -0.25) is 4.79 Å². The minimum absolute atomic E-state index is 0.139. The van der Waals surface area contributed by atoms with Crippen molar-refractivity contribution in [2.45, 2.75) is 18.6 Å². The van der Waals surface area contributed by atoms with E-state index in [0.717, 1.165) is 5.82 Å². The van der Waals surface area contributed by atoms with Crippen LogP contribution in [0.15, 0.2) is 12.3 Å². The molecular weight excluding hydrogens is 284 g/mol. The highest BCUT2D eigenvalue weighted by Crippen LogP contribution is 2.21. The Morgan fingerprint density at radius 1 is 1.59 bits per heavy atom. The molecular formula is C14H20N6O2. The Hall–Kier alpha value is -2.40. The summed E-state index contributed by atoms with van der Waals surface area (Å²) in [6, 6.07) is 3.51. The second kappa shape index (κ2) is 7.04. The van der Waals surface area contributed by atoms with Gasteiger partial charge in [0, 0.05) is 40.5 Å². The third-order valence-corrected chi connectivity index (χ3v) is 3.51. The molecule has 0 unspecified atom stereocenters. The molecule has 0 radical (unpaired) electrons. The van der Waals surface area contributed by atoms with Crippen LogP contribution in [0.3, 0.4) is 0 Å². The maximum atomic E-state index is 11.6. The van der Waals surface area contributed by atoms with E-state index in [2.05, 4.69) is 15.3 Å². The maximum Gasteiger partial charge on any atom is 0.234 e. The summed E-state index contributed by atoms with van der Waals surface area (Å²) in [4.78, 5) is 24.2. The molecule has 1 aliphatic rings. The number of aromatic nitrogens is 2. The van der Waals surface area contributed by atoms with E-state index in [1.165, 1.54) is 0 Å². The molecule has 1 fully saturated rings. The van der Waals surface area contributed by atoms with Gasteiger partial charge in [-0.2, -0.15) is 10.2 Å². The molecule has 1 aromatic heterocycles. The second-order valence-corrected chi connectivity index (χ2v) is 5.30. The highest BCUT2D eigenvalue weighted by molar-refractivity contribution is 5.78. The van der Waals surface area contributed by atoms with E-state index in [9.17, 15) is 4.79 Å². The molecule has 22 heavy (non-hydrogen) atoms. The molecule has 8 nitrogen and oxygen atoms in total. The van der Waals surface area contributed by atoms with Crippen LogP contribution in [0.5, 0.6) is 0 Å². The standard InChI is InChI=1S/C14H20N6O2/c1-19(2)14-16-7-5-12(18-14)20-8-10(11(9-20)22-3)17-13(21)4-6-15/h5,7,10-11H,4,8-9H2,1-3H3,(H,17,21)/t10-,11+/m0/s1. The van der Waals surface area contributed by atoms with Gasteiger partial charge in [-0.1, -0.05) is 0 Å². The number of rotatable bonds is 5. The Morgan fingerprint density at radius 2 is 2.36 bits per heavy atom. The molecule has 0 aromatic carbocycles. The average molecular weight is 304 g/mol. The number of hydrogen-bond donors (Lipinski definition) is 1. The normalized spacial score (nSPS) is 20.5. The van der Waals surface area contributed by atoms with Gasteiger partial charge in [-0.15, -0.1) is 0 Å². The predicted octanol–water partition coefficient (Wildman–Crippen LogP) is -0.224. The van der Waals surface area contributed by atoms with E-state index >= 15 is 0 Å². The molecule has 0 aliphatic carbocycles. The van der Waals surface area contributed by atoms with E-state index in [0.29, 0.717) is 19.0 Å². The molecule has 2 rings (SSSR count). The lowest BCUT2D eigenvalue weighted by Crippen LogP contribution is -2.43. The third-order valence-electron chi connectivity index (χ3n) is 3.51. The average Bonchev–Trinajstić information content (AvgIpc) is 2.90. The first-order chi connectivity index (χ1) is 10.5. The van der Waals surface area contributed by atoms with Crippen molar-refractivity contribution in [1.29, 1.82) is 5.26 Å². The third kappa shape index (κ3) is 3.62. The van der Waals surface area contributed by atoms with Gasteiger partial charge in [0.2, 0.25) is 11.9 Å². The van der Waals surface area contributed by atoms with E-state index in [1.54, 1.807) is 13.3 Å². The van der Waals surface area contributed by atoms with Crippen molar-refractivity contribution in [3.63, 3.8) is 0 Å². The number of nitrogens with one attached hydrogen (secondary N) is 1. The smallest absolute Gasteiger partial charge is 0.234 e. The van der Waals surface area contributed by atoms with Gasteiger partial charge >= 0.3 is 0 Å². The van der Waals surface area contributed by atoms with Gasteiger partial charge in [0.05, 0.1) is 18.2 Å². The Labute approximate surface area is 129 Å². The largest absolute Gasteiger partial charge is 0.377 e. The molecule has 118 valence electrons. The van der Waals surface area contributed by atoms with Gasteiger partial charge in [0.15, 0.2) is 0 Å². The number of carbonyl (C=O) groups excluding carboxylic acids is 1. The molecule has 1 aromatic rings. The first kappa shape index (κ1) is 16.0. The van der Waals surface area contributed by atoms with E-state index in [4.69, 9.17) is 10.00 Å². The zero-order valence-electron chi connectivity index (χ0n) is 13.0.